The Morgan fingerprint density at radius 3 is 2.47 bits per heavy atom. The summed E-state index contributed by atoms with van der Waals surface area (Å²) in [7, 11) is 0. The fourth-order valence-corrected chi connectivity index (χ4v) is 7.53. The van der Waals surface area contributed by atoms with Crippen LogP contribution in [0.1, 0.15) is 64.2 Å². The standard InChI is InChI=1S/C17H26/c1-2-4-6-13-8-7-12-10-17(13)15-11(5-3-1)9-14(15)16(12)17/h11-16H,1-10H2. The van der Waals surface area contributed by atoms with E-state index in [-0.39, 0.29) is 0 Å². The van der Waals surface area contributed by atoms with Crippen LogP contribution in [0.3, 0.4) is 0 Å². The van der Waals surface area contributed by atoms with Gasteiger partial charge in [0.15, 0.2) is 0 Å². The number of rotatable bonds is 0. The van der Waals surface area contributed by atoms with E-state index in [4.69, 9.17) is 0 Å². The summed E-state index contributed by atoms with van der Waals surface area (Å²) in [6.07, 6.45) is 16.0. The lowest BCUT2D eigenvalue weighted by atomic mass is 9.21. The summed E-state index contributed by atoms with van der Waals surface area (Å²) in [5.74, 6) is 7.31. The van der Waals surface area contributed by atoms with Gasteiger partial charge in [0.25, 0.3) is 0 Å². The molecule has 0 aromatic rings. The zero-order valence-corrected chi connectivity index (χ0v) is 11.0. The summed E-state index contributed by atoms with van der Waals surface area (Å²) in [6.45, 7) is 0. The lowest BCUT2D eigenvalue weighted by Gasteiger charge is -2.84. The first-order valence-electron chi connectivity index (χ1n) is 8.41. The van der Waals surface area contributed by atoms with Crippen molar-refractivity contribution in [3.05, 3.63) is 0 Å². The van der Waals surface area contributed by atoms with Gasteiger partial charge >= 0.3 is 0 Å². The monoisotopic (exact) mass is 230 g/mol. The van der Waals surface area contributed by atoms with Crippen LogP contribution in [0, 0.1) is 40.9 Å². The largest absolute Gasteiger partial charge is 0.0533 e. The second kappa shape index (κ2) is 3.11. The highest BCUT2D eigenvalue weighted by molar-refractivity contribution is 5.26. The Hall–Kier alpha value is 0. The van der Waals surface area contributed by atoms with E-state index in [0.29, 0.717) is 0 Å². The molecule has 6 saturated carbocycles. The van der Waals surface area contributed by atoms with Crippen LogP contribution in [0.4, 0.5) is 0 Å². The summed E-state index contributed by atoms with van der Waals surface area (Å²) < 4.78 is 0. The minimum atomic E-state index is 0.952. The molecule has 6 rings (SSSR count). The first-order chi connectivity index (χ1) is 8.41. The molecule has 2 bridgehead atoms. The second-order valence-electron chi connectivity index (χ2n) is 8.05. The van der Waals surface area contributed by atoms with E-state index in [9.17, 15) is 0 Å². The normalized spacial score (nSPS) is 63.5. The van der Waals surface area contributed by atoms with Crippen LogP contribution in [0.25, 0.3) is 0 Å². The van der Waals surface area contributed by atoms with Crippen molar-refractivity contribution in [2.75, 3.05) is 0 Å². The quantitative estimate of drug-likeness (QED) is 0.569. The molecule has 6 fully saturated rings. The summed E-state index contributed by atoms with van der Waals surface area (Å²) in [4.78, 5) is 0. The van der Waals surface area contributed by atoms with Gasteiger partial charge in [0, 0.05) is 0 Å². The van der Waals surface area contributed by atoms with Crippen molar-refractivity contribution in [3.8, 4) is 0 Å². The van der Waals surface area contributed by atoms with Crippen LogP contribution in [0.5, 0.6) is 0 Å². The molecule has 0 radical (unpaired) electrons. The first-order valence-corrected chi connectivity index (χ1v) is 8.41. The Labute approximate surface area is 106 Å². The van der Waals surface area contributed by atoms with Gasteiger partial charge in [-0.3, -0.25) is 0 Å². The third-order valence-electron chi connectivity index (χ3n) is 7.89. The van der Waals surface area contributed by atoms with Crippen molar-refractivity contribution >= 4 is 0 Å². The number of hydrogen-bond acceptors (Lipinski definition) is 0. The Bertz CT molecular complexity index is 340. The fourth-order valence-electron chi connectivity index (χ4n) is 7.53. The first kappa shape index (κ1) is 9.87. The van der Waals surface area contributed by atoms with Crippen molar-refractivity contribution in [2.45, 2.75) is 64.2 Å². The lowest BCUT2D eigenvalue weighted by Crippen LogP contribution is -2.78. The molecule has 0 saturated heterocycles. The maximum absolute atomic E-state index is 1.68. The molecule has 0 aromatic heterocycles. The topological polar surface area (TPSA) is 0 Å². The lowest BCUT2D eigenvalue weighted by molar-refractivity contribution is -0.359. The minimum absolute atomic E-state index is 0.952. The highest BCUT2D eigenvalue weighted by Crippen LogP contribution is 2.84. The molecule has 6 aliphatic carbocycles. The average Bonchev–Trinajstić information content (AvgIpc) is 2.30. The summed E-state index contributed by atoms with van der Waals surface area (Å²) in [5, 5.41) is 0. The van der Waals surface area contributed by atoms with Gasteiger partial charge in [-0.15, -0.1) is 0 Å². The third kappa shape index (κ3) is 0.965. The fraction of sp³-hybridized carbons (Fsp3) is 1.00. The molecule has 7 unspecified atom stereocenters. The predicted octanol–water partition coefficient (Wildman–Crippen LogP) is 4.64. The Morgan fingerprint density at radius 1 is 0.706 bits per heavy atom. The molecule has 0 amide bonds. The second-order valence-corrected chi connectivity index (χ2v) is 8.05. The van der Waals surface area contributed by atoms with E-state index < -0.39 is 0 Å². The van der Waals surface area contributed by atoms with Crippen LogP contribution in [0.15, 0.2) is 0 Å². The van der Waals surface area contributed by atoms with Crippen molar-refractivity contribution in [2.24, 2.45) is 40.9 Å². The van der Waals surface area contributed by atoms with E-state index in [1.165, 1.54) is 35.5 Å². The van der Waals surface area contributed by atoms with Crippen LogP contribution in [-0.2, 0) is 0 Å². The molecular weight excluding hydrogens is 204 g/mol. The summed E-state index contributed by atoms with van der Waals surface area (Å²) in [6, 6.07) is 0. The van der Waals surface area contributed by atoms with Gasteiger partial charge in [0.05, 0.1) is 0 Å². The Kier molecular flexibility index (Phi) is 1.81. The van der Waals surface area contributed by atoms with Crippen molar-refractivity contribution in [1.29, 1.82) is 0 Å². The zero-order valence-electron chi connectivity index (χ0n) is 11.0. The molecule has 94 valence electrons. The molecule has 0 nitrogen and oxygen atoms in total. The van der Waals surface area contributed by atoms with Crippen molar-refractivity contribution < 1.29 is 0 Å². The number of hydrogen-bond donors (Lipinski definition) is 0. The van der Waals surface area contributed by atoms with Crippen LogP contribution in [-0.4, -0.2) is 0 Å². The summed E-state index contributed by atoms with van der Waals surface area (Å²) >= 11 is 0. The number of fused-ring (bicyclic) bond motifs is 1. The third-order valence-corrected chi connectivity index (χ3v) is 7.89. The van der Waals surface area contributed by atoms with Crippen LogP contribution >= 0.6 is 0 Å². The van der Waals surface area contributed by atoms with E-state index in [2.05, 4.69) is 0 Å². The minimum Gasteiger partial charge on any atom is -0.0533 e. The average molecular weight is 230 g/mol. The van der Waals surface area contributed by atoms with E-state index in [1.807, 2.05) is 0 Å². The zero-order chi connectivity index (χ0) is 11.0. The van der Waals surface area contributed by atoms with Gasteiger partial charge in [-0.2, -0.15) is 0 Å². The molecular formula is C17H26. The Balaban J connectivity index is 1.48. The van der Waals surface area contributed by atoms with Gasteiger partial charge in [0.2, 0.25) is 0 Å². The molecule has 7 atom stereocenters. The van der Waals surface area contributed by atoms with Gasteiger partial charge in [-0.05, 0) is 73.0 Å². The predicted molar refractivity (Wildman–Crippen MR) is 69.5 cm³/mol. The maximum Gasteiger partial charge on any atom is -0.0199 e. The van der Waals surface area contributed by atoms with Gasteiger partial charge < -0.3 is 0 Å². The SMILES string of the molecule is C1CCCC2CCC3CC24C2C(CC1)CC2C34. The van der Waals surface area contributed by atoms with E-state index in [0.717, 1.165) is 5.41 Å². The Morgan fingerprint density at radius 2 is 1.53 bits per heavy atom. The van der Waals surface area contributed by atoms with Gasteiger partial charge in [-0.1, -0.05) is 32.1 Å². The van der Waals surface area contributed by atoms with Gasteiger partial charge in [0.1, 0.15) is 0 Å². The van der Waals surface area contributed by atoms with Crippen LogP contribution < -0.4 is 0 Å². The smallest absolute Gasteiger partial charge is 0.0199 e. The molecule has 0 heterocycles. The molecule has 0 aromatic carbocycles. The van der Waals surface area contributed by atoms with E-state index >= 15 is 0 Å². The highest BCUT2D eigenvalue weighted by Gasteiger charge is 2.78. The molecule has 1 spiro atoms. The molecule has 17 heavy (non-hydrogen) atoms. The maximum atomic E-state index is 1.68. The van der Waals surface area contributed by atoms with Crippen molar-refractivity contribution in [1.82, 2.24) is 0 Å². The molecule has 0 N–H and O–H groups in total. The summed E-state index contributed by atoms with van der Waals surface area (Å²) in [5.41, 5.74) is 0.952. The molecule has 6 aliphatic rings. The van der Waals surface area contributed by atoms with Gasteiger partial charge in [-0.25, -0.2) is 0 Å². The highest BCUT2D eigenvalue weighted by atomic mass is 14.8. The van der Waals surface area contributed by atoms with Crippen LogP contribution in [0.2, 0.25) is 0 Å². The molecule has 0 aliphatic heterocycles. The molecule has 0 heteroatoms. The van der Waals surface area contributed by atoms with E-state index in [1.54, 1.807) is 64.2 Å². The van der Waals surface area contributed by atoms with Crippen molar-refractivity contribution in [3.63, 3.8) is 0 Å².